The second-order valence-electron chi connectivity index (χ2n) is 9.30. The van der Waals surface area contributed by atoms with E-state index in [2.05, 4.69) is 10.1 Å². The maximum absolute atomic E-state index is 14.0. The molecule has 5 rings (SSSR count). The van der Waals surface area contributed by atoms with Crippen molar-refractivity contribution in [3.05, 3.63) is 107 Å². The molecule has 0 atom stereocenters. The third-order valence-electron chi connectivity index (χ3n) is 6.81. The zero-order valence-electron chi connectivity index (χ0n) is 20.2. The van der Waals surface area contributed by atoms with E-state index in [0.29, 0.717) is 47.0 Å². The Kier molecular flexibility index (Phi) is 6.98. The molecule has 2 aromatic carbocycles. The highest BCUT2D eigenvalue weighted by Crippen LogP contribution is 2.35. The summed E-state index contributed by atoms with van der Waals surface area (Å²) in [4.78, 5) is 19.4. The summed E-state index contributed by atoms with van der Waals surface area (Å²) in [7, 11) is 0. The summed E-state index contributed by atoms with van der Waals surface area (Å²) < 4.78 is 42.6. The number of hydrogen-bond donors (Lipinski definition) is 1. The molecular formula is C28H24ClF3N4O2. The molecule has 3 heterocycles. The number of halogens is 4. The number of nitrogens with zero attached hydrogens (tertiary/aromatic N) is 4. The Balaban J connectivity index is 1.29. The van der Waals surface area contributed by atoms with Crippen LogP contribution in [0.2, 0.25) is 5.02 Å². The molecule has 0 amide bonds. The van der Waals surface area contributed by atoms with Crippen molar-refractivity contribution in [2.24, 2.45) is 0 Å². The van der Waals surface area contributed by atoms with Crippen LogP contribution in [0.15, 0.2) is 79.1 Å². The van der Waals surface area contributed by atoms with E-state index in [1.54, 1.807) is 12.1 Å². The Morgan fingerprint density at radius 3 is 2.26 bits per heavy atom. The van der Waals surface area contributed by atoms with Crippen molar-refractivity contribution in [1.29, 1.82) is 0 Å². The molecule has 1 N–H and O–H groups in total. The van der Waals surface area contributed by atoms with Crippen LogP contribution in [0.5, 0.6) is 0 Å². The van der Waals surface area contributed by atoms with E-state index in [9.17, 15) is 23.1 Å². The Morgan fingerprint density at radius 2 is 1.66 bits per heavy atom. The van der Waals surface area contributed by atoms with E-state index in [1.165, 1.54) is 30.5 Å². The van der Waals surface area contributed by atoms with Crippen LogP contribution in [0.3, 0.4) is 0 Å². The fraction of sp³-hybridized carbons (Fsp3) is 0.250. The van der Waals surface area contributed by atoms with Crippen molar-refractivity contribution >= 4 is 23.2 Å². The smallest absolute Gasteiger partial charge is 0.385 e. The number of aliphatic hydroxyl groups is 1. The maximum atomic E-state index is 14.0. The number of carbonyl (C=O) groups is 1. The van der Waals surface area contributed by atoms with Gasteiger partial charge in [-0.2, -0.15) is 18.3 Å². The summed E-state index contributed by atoms with van der Waals surface area (Å²) >= 11 is 5.85. The van der Waals surface area contributed by atoms with Crippen LogP contribution < -0.4 is 4.90 Å². The molecule has 1 saturated heterocycles. The highest BCUT2D eigenvalue weighted by atomic mass is 35.5. The predicted molar refractivity (Wildman–Crippen MR) is 138 cm³/mol. The van der Waals surface area contributed by atoms with Gasteiger partial charge in [0.1, 0.15) is 5.82 Å². The van der Waals surface area contributed by atoms with Gasteiger partial charge in [-0.05, 0) is 54.3 Å². The van der Waals surface area contributed by atoms with Crippen molar-refractivity contribution < 1.29 is 23.1 Å². The summed E-state index contributed by atoms with van der Waals surface area (Å²) in [6.45, 7) is 1.19. The van der Waals surface area contributed by atoms with Crippen molar-refractivity contribution in [2.75, 3.05) is 18.0 Å². The van der Waals surface area contributed by atoms with Gasteiger partial charge in [-0.25, -0.2) is 9.67 Å². The number of pyridine rings is 1. The normalized spacial score (nSPS) is 15.4. The van der Waals surface area contributed by atoms with Gasteiger partial charge in [0.25, 0.3) is 0 Å². The lowest BCUT2D eigenvalue weighted by Gasteiger charge is -2.39. The number of hydrogen-bond acceptors (Lipinski definition) is 5. The Hall–Kier alpha value is -3.69. The summed E-state index contributed by atoms with van der Waals surface area (Å²) in [5.74, 6) is -0.0270. The quantitative estimate of drug-likeness (QED) is 0.311. The van der Waals surface area contributed by atoms with Gasteiger partial charge in [-0.1, -0.05) is 48.0 Å². The molecule has 0 bridgehead atoms. The maximum Gasteiger partial charge on any atom is 0.434 e. The van der Waals surface area contributed by atoms with Gasteiger partial charge in [0, 0.05) is 30.7 Å². The number of piperidine rings is 1. The number of anilines is 1. The monoisotopic (exact) mass is 540 g/mol. The van der Waals surface area contributed by atoms with Crippen LogP contribution >= 0.6 is 11.6 Å². The Labute approximate surface area is 222 Å². The van der Waals surface area contributed by atoms with Crippen LogP contribution in [-0.2, 0) is 18.2 Å². The molecule has 2 aromatic heterocycles. The van der Waals surface area contributed by atoms with Crippen molar-refractivity contribution in [3.8, 4) is 5.69 Å². The first-order valence-corrected chi connectivity index (χ1v) is 12.4. The van der Waals surface area contributed by atoms with Gasteiger partial charge in [-0.3, -0.25) is 4.79 Å². The molecule has 10 heteroatoms. The van der Waals surface area contributed by atoms with E-state index < -0.39 is 28.8 Å². The molecular weight excluding hydrogens is 517 g/mol. The van der Waals surface area contributed by atoms with Gasteiger partial charge < -0.3 is 10.0 Å². The number of benzene rings is 2. The molecule has 0 aliphatic carbocycles. The summed E-state index contributed by atoms with van der Waals surface area (Å²) in [6.07, 6.45) is -1.52. The second kappa shape index (κ2) is 10.2. The Morgan fingerprint density at radius 1 is 0.974 bits per heavy atom. The van der Waals surface area contributed by atoms with Crippen molar-refractivity contribution in [3.63, 3.8) is 0 Å². The first-order valence-electron chi connectivity index (χ1n) is 12.1. The van der Waals surface area contributed by atoms with Gasteiger partial charge in [0.05, 0.1) is 23.0 Å². The molecule has 0 unspecified atom stereocenters. The minimum atomic E-state index is -4.79. The molecule has 1 aliphatic heterocycles. The fourth-order valence-electron chi connectivity index (χ4n) is 4.74. The Bertz CT molecular complexity index is 1410. The number of alkyl halides is 3. The second-order valence-corrected chi connectivity index (χ2v) is 9.74. The van der Waals surface area contributed by atoms with E-state index in [1.807, 2.05) is 35.2 Å². The van der Waals surface area contributed by atoms with Gasteiger partial charge in [-0.15, -0.1) is 0 Å². The number of Topliss-reactive ketones (excluding diaryl/α,β-unsaturated/α-hetero) is 1. The third-order valence-corrected chi connectivity index (χ3v) is 7.06. The average Bonchev–Trinajstić information content (AvgIpc) is 3.37. The third kappa shape index (κ3) is 5.30. The van der Waals surface area contributed by atoms with Crippen LogP contribution in [-0.4, -0.2) is 38.7 Å². The van der Waals surface area contributed by atoms with E-state index >= 15 is 0 Å². The highest BCUT2D eigenvalue weighted by molar-refractivity contribution is 6.30. The molecule has 4 aromatic rings. The molecule has 196 valence electrons. The lowest BCUT2D eigenvalue weighted by Crippen LogP contribution is -2.42. The predicted octanol–water partition coefficient (Wildman–Crippen LogP) is 5.85. The van der Waals surface area contributed by atoms with Crippen LogP contribution in [0, 0.1) is 0 Å². The largest absolute Gasteiger partial charge is 0.434 e. The zero-order chi connectivity index (χ0) is 26.9. The van der Waals surface area contributed by atoms with Gasteiger partial charge in [0.2, 0.25) is 0 Å². The zero-order valence-corrected chi connectivity index (χ0v) is 21.0. The van der Waals surface area contributed by atoms with E-state index in [0.717, 1.165) is 11.8 Å². The fourth-order valence-corrected chi connectivity index (χ4v) is 4.86. The first kappa shape index (κ1) is 25.9. The summed E-state index contributed by atoms with van der Waals surface area (Å²) in [6, 6.07) is 18.7. The standard InChI is InChI=1S/C28H24ClF3N4O2/c29-21-7-9-22(10-8-21)36-26(28(30,31)32)23(18-34-36)24(37)16-19-6-11-25(33-17-19)35-14-12-27(38,13-15-35)20-4-2-1-3-5-20/h1-11,17-18,38H,12-16H2. The molecule has 0 spiro atoms. The molecule has 38 heavy (non-hydrogen) atoms. The molecule has 1 aliphatic rings. The van der Waals surface area contributed by atoms with E-state index in [-0.39, 0.29) is 12.1 Å². The topological polar surface area (TPSA) is 71.2 Å². The van der Waals surface area contributed by atoms with Crippen LogP contribution in [0.4, 0.5) is 19.0 Å². The molecule has 0 radical (unpaired) electrons. The number of carbonyl (C=O) groups excluding carboxylic acids is 1. The number of aromatic nitrogens is 3. The lowest BCUT2D eigenvalue weighted by atomic mass is 9.84. The van der Waals surface area contributed by atoms with Crippen LogP contribution in [0.25, 0.3) is 5.69 Å². The lowest BCUT2D eigenvalue weighted by molar-refractivity contribution is -0.143. The van der Waals surface area contributed by atoms with Crippen molar-refractivity contribution in [1.82, 2.24) is 14.8 Å². The summed E-state index contributed by atoms with van der Waals surface area (Å²) in [5, 5.41) is 15.3. The highest BCUT2D eigenvalue weighted by Gasteiger charge is 2.40. The van der Waals surface area contributed by atoms with Crippen molar-refractivity contribution in [2.45, 2.75) is 31.0 Å². The summed E-state index contributed by atoms with van der Waals surface area (Å²) in [5.41, 5.74) is -1.01. The first-order chi connectivity index (χ1) is 18.1. The number of rotatable bonds is 6. The number of ketones is 1. The van der Waals surface area contributed by atoms with Gasteiger partial charge >= 0.3 is 6.18 Å². The minimum Gasteiger partial charge on any atom is -0.385 e. The molecule has 6 nitrogen and oxygen atoms in total. The van der Waals surface area contributed by atoms with Gasteiger partial charge in [0.15, 0.2) is 11.5 Å². The van der Waals surface area contributed by atoms with E-state index in [4.69, 9.17) is 11.6 Å². The van der Waals surface area contributed by atoms with Crippen LogP contribution in [0.1, 0.15) is 40.0 Å². The average molecular weight is 541 g/mol. The molecule has 1 fully saturated rings. The molecule has 0 saturated carbocycles. The SMILES string of the molecule is O=C(Cc1ccc(N2CCC(O)(c3ccccc3)CC2)nc1)c1cnn(-c2ccc(Cl)cc2)c1C(F)(F)F. The minimum absolute atomic E-state index is 0.146.